The molecule has 2 rings (SSSR count). The lowest BCUT2D eigenvalue weighted by Gasteiger charge is -2.20. The number of aromatic nitrogens is 1. The number of nitriles is 1. The number of phenols is 1. The Bertz CT molecular complexity index is 912. The molecular formula is C18H17ClN4O4. The molecule has 0 aliphatic heterocycles. The smallest absolute Gasteiger partial charge is 0.271 e. The van der Waals surface area contributed by atoms with Gasteiger partial charge in [-0.2, -0.15) is 5.26 Å². The third-order valence-electron chi connectivity index (χ3n) is 3.62. The molecule has 0 saturated carbocycles. The lowest BCUT2D eigenvalue weighted by molar-refractivity contribution is -0.115. The van der Waals surface area contributed by atoms with Crippen molar-refractivity contribution in [2.45, 2.75) is 18.9 Å². The molecule has 8 nitrogen and oxygen atoms in total. The van der Waals surface area contributed by atoms with E-state index in [2.05, 4.69) is 15.6 Å². The van der Waals surface area contributed by atoms with Crippen molar-refractivity contribution in [3.05, 3.63) is 52.8 Å². The number of aliphatic hydroxyl groups is 1. The number of carbonyl (C=O) groups excluding carboxylic acids is 2. The van der Waals surface area contributed by atoms with Gasteiger partial charge in [0.25, 0.3) is 5.91 Å². The van der Waals surface area contributed by atoms with Crippen LogP contribution in [0.3, 0.4) is 0 Å². The molecule has 0 saturated heterocycles. The molecule has 0 aliphatic carbocycles. The van der Waals surface area contributed by atoms with Crippen molar-refractivity contribution in [1.82, 2.24) is 10.3 Å². The van der Waals surface area contributed by atoms with E-state index in [0.717, 1.165) is 0 Å². The van der Waals surface area contributed by atoms with Crippen LogP contribution in [-0.4, -0.2) is 39.2 Å². The average Bonchev–Trinajstić information content (AvgIpc) is 2.64. The summed E-state index contributed by atoms with van der Waals surface area (Å²) in [6, 6.07) is 9.01. The first-order valence-electron chi connectivity index (χ1n) is 7.84. The van der Waals surface area contributed by atoms with Gasteiger partial charge in [0.15, 0.2) is 0 Å². The molecule has 0 spiro atoms. The number of nitrogens with one attached hydrogen (secondary N) is 2. The second kappa shape index (κ2) is 8.49. The van der Waals surface area contributed by atoms with Crippen molar-refractivity contribution in [2.75, 3.05) is 11.9 Å². The fraction of sp³-hybridized carbons (Fsp3) is 0.222. The minimum absolute atomic E-state index is 0.0340. The van der Waals surface area contributed by atoms with Crippen LogP contribution in [0.1, 0.15) is 23.0 Å². The van der Waals surface area contributed by atoms with Crippen LogP contribution in [-0.2, 0) is 11.2 Å². The van der Waals surface area contributed by atoms with Crippen LogP contribution < -0.4 is 10.6 Å². The number of aromatic hydroxyl groups is 1. The predicted octanol–water partition coefficient (Wildman–Crippen LogP) is 1.63. The number of rotatable bonds is 6. The number of halogens is 1. The normalized spacial score (nSPS) is 12.5. The average molecular weight is 389 g/mol. The van der Waals surface area contributed by atoms with Crippen LogP contribution >= 0.6 is 11.6 Å². The van der Waals surface area contributed by atoms with E-state index in [1.54, 1.807) is 6.07 Å². The zero-order valence-electron chi connectivity index (χ0n) is 14.4. The lowest BCUT2D eigenvalue weighted by Crippen LogP contribution is -2.47. The number of carbonyl (C=O) groups is 2. The van der Waals surface area contributed by atoms with Crippen LogP contribution in [0.15, 0.2) is 36.5 Å². The van der Waals surface area contributed by atoms with Crippen LogP contribution in [0, 0.1) is 11.3 Å². The number of phenolic OH excluding ortho intramolecular Hbond substituents is 1. The van der Waals surface area contributed by atoms with E-state index in [0.29, 0.717) is 16.3 Å². The highest BCUT2D eigenvalue weighted by Gasteiger charge is 2.26. The van der Waals surface area contributed by atoms with E-state index in [1.165, 1.54) is 43.5 Å². The summed E-state index contributed by atoms with van der Waals surface area (Å²) >= 11 is 5.86. The largest absolute Gasteiger partial charge is 0.508 e. The molecule has 1 aromatic carbocycles. The Kier molecular flexibility index (Phi) is 6.34. The summed E-state index contributed by atoms with van der Waals surface area (Å²) in [7, 11) is 0. The Morgan fingerprint density at radius 1 is 1.33 bits per heavy atom. The first-order chi connectivity index (χ1) is 12.8. The molecule has 0 aliphatic rings. The Hall–Kier alpha value is -3.15. The van der Waals surface area contributed by atoms with Gasteiger partial charge in [0, 0.05) is 22.5 Å². The Morgan fingerprint density at radius 3 is 2.74 bits per heavy atom. The van der Waals surface area contributed by atoms with Gasteiger partial charge < -0.3 is 20.8 Å². The zero-order valence-corrected chi connectivity index (χ0v) is 15.1. The number of benzene rings is 1. The van der Waals surface area contributed by atoms with Crippen LogP contribution in [0.2, 0.25) is 5.02 Å². The molecule has 2 amide bonds. The number of amides is 2. The van der Waals surface area contributed by atoms with Gasteiger partial charge in [-0.1, -0.05) is 11.6 Å². The van der Waals surface area contributed by atoms with Crippen molar-refractivity contribution in [3.63, 3.8) is 0 Å². The summed E-state index contributed by atoms with van der Waals surface area (Å²) in [6.07, 6.45) is 1.21. The molecule has 27 heavy (non-hydrogen) atoms. The molecular weight excluding hydrogens is 372 g/mol. The fourth-order valence-electron chi connectivity index (χ4n) is 2.12. The van der Waals surface area contributed by atoms with E-state index in [4.69, 9.17) is 16.9 Å². The maximum atomic E-state index is 12.2. The highest BCUT2D eigenvalue weighted by Crippen LogP contribution is 2.22. The molecule has 140 valence electrons. The number of aliphatic hydroxyl groups excluding tert-OH is 1. The van der Waals surface area contributed by atoms with Crippen LogP contribution in [0.25, 0.3) is 0 Å². The maximum absolute atomic E-state index is 12.2. The number of nitrogens with zero attached hydrogens (tertiary/aromatic N) is 2. The van der Waals surface area contributed by atoms with E-state index < -0.39 is 24.0 Å². The molecule has 0 bridgehead atoms. The van der Waals surface area contributed by atoms with Crippen molar-refractivity contribution >= 4 is 29.1 Å². The van der Waals surface area contributed by atoms with Gasteiger partial charge in [0.05, 0.1) is 19.1 Å². The molecule has 1 aromatic heterocycles. The molecule has 1 unspecified atom stereocenters. The fourth-order valence-corrected chi connectivity index (χ4v) is 2.32. The van der Waals surface area contributed by atoms with Gasteiger partial charge in [-0.05, 0) is 37.3 Å². The quantitative estimate of drug-likeness (QED) is 0.593. The van der Waals surface area contributed by atoms with Gasteiger partial charge >= 0.3 is 0 Å². The monoisotopic (exact) mass is 388 g/mol. The van der Waals surface area contributed by atoms with Crippen molar-refractivity contribution < 1.29 is 19.8 Å². The Labute approximate surface area is 160 Å². The summed E-state index contributed by atoms with van der Waals surface area (Å²) < 4.78 is 0. The number of pyridine rings is 1. The SMILES string of the molecule is CC(C#N)(CO)NC(=O)c1cc(NC(=O)Cc2cc(Cl)ccc2O)ccn1. The molecule has 0 radical (unpaired) electrons. The summed E-state index contributed by atoms with van der Waals surface area (Å²) in [4.78, 5) is 28.3. The van der Waals surface area contributed by atoms with Gasteiger partial charge in [0.2, 0.25) is 5.91 Å². The molecule has 2 aromatic rings. The third kappa shape index (κ3) is 5.41. The van der Waals surface area contributed by atoms with Crippen molar-refractivity contribution in [2.24, 2.45) is 0 Å². The summed E-state index contributed by atoms with van der Waals surface area (Å²) in [6.45, 7) is 0.808. The first kappa shape index (κ1) is 20.2. The third-order valence-corrected chi connectivity index (χ3v) is 3.86. The Morgan fingerprint density at radius 2 is 2.07 bits per heavy atom. The van der Waals surface area contributed by atoms with E-state index in [-0.39, 0.29) is 17.9 Å². The molecule has 4 N–H and O–H groups in total. The van der Waals surface area contributed by atoms with Gasteiger partial charge in [-0.3, -0.25) is 14.6 Å². The zero-order chi connectivity index (χ0) is 20.0. The van der Waals surface area contributed by atoms with Gasteiger partial charge in [-0.15, -0.1) is 0 Å². The Balaban J connectivity index is 2.09. The number of hydrogen-bond donors (Lipinski definition) is 4. The van der Waals surface area contributed by atoms with Crippen molar-refractivity contribution in [3.8, 4) is 11.8 Å². The lowest BCUT2D eigenvalue weighted by atomic mass is 10.1. The summed E-state index contributed by atoms with van der Waals surface area (Å²) in [5.74, 6) is -1.15. The summed E-state index contributed by atoms with van der Waals surface area (Å²) in [5, 5.41) is 33.3. The topological polar surface area (TPSA) is 135 Å². The van der Waals surface area contributed by atoms with Crippen LogP contribution in [0.5, 0.6) is 5.75 Å². The second-order valence-electron chi connectivity index (χ2n) is 5.98. The first-order valence-corrected chi connectivity index (χ1v) is 8.22. The highest BCUT2D eigenvalue weighted by atomic mass is 35.5. The minimum atomic E-state index is -1.44. The molecule has 0 fully saturated rings. The van der Waals surface area contributed by atoms with E-state index in [9.17, 15) is 19.8 Å². The van der Waals surface area contributed by atoms with E-state index >= 15 is 0 Å². The van der Waals surface area contributed by atoms with Crippen molar-refractivity contribution in [1.29, 1.82) is 5.26 Å². The number of hydrogen-bond acceptors (Lipinski definition) is 6. The standard InChI is InChI=1S/C18H17ClN4O4/c1-18(9-20,10-24)23-17(27)14-8-13(4-5-21-14)22-16(26)7-11-6-12(19)2-3-15(11)25/h2-6,8,24-25H,7,10H2,1H3,(H,23,27)(H,21,22,26). The second-order valence-corrected chi connectivity index (χ2v) is 6.42. The van der Waals surface area contributed by atoms with E-state index in [1.807, 2.05) is 0 Å². The predicted molar refractivity (Wildman–Crippen MR) is 98.3 cm³/mol. The summed E-state index contributed by atoms with van der Waals surface area (Å²) in [5.41, 5.74) is -0.806. The molecule has 1 heterocycles. The maximum Gasteiger partial charge on any atom is 0.271 e. The highest BCUT2D eigenvalue weighted by molar-refractivity contribution is 6.30. The number of anilines is 1. The van der Waals surface area contributed by atoms with Gasteiger partial charge in [-0.25, -0.2) is 0 Å². The van der Waals surface area contributed by atoms with Crippen LogP contribution in [0.4, 0.5) is 5.69 Å². The minimum Gasteiger partial charge on any atom is -0.508 e. The van der Waals surface area contributed by atoms with Gasteiger partial charge in [0.1, 0.15) is 17.0 Å². The molecule has 9 heteroatoms. The molecule has 1 atom stereocenters.